The molecule has 0 bridgehead atoms. The van der Waals surface area contributed by atoms with E-state index >= 15 is 0 Å². The monoisotopic (exact) mass is 245 g/mol. The summed E-state index contributed by atoms with van der Waals surface area (Å²) in [5.41, 5.74) is 5.27. The lowest BCUT2D eigenvalue weighted by Gasteiger charge is -2.33. The van der Waals surface area contributed by atoms with E-state index in [1.54, 1.807) is 0 Å². The van der Waals surface area contributed by atoms with Gasteiger partial charge in [0.15, 0.2) is 0 Å². The van der Waals surface area contributed by atoms with Crippen LogP contribution in [-0.4, -0.2) is 55.0 Å². The van der Waals surface area contributed by atoms with Gasteiger partial charge in [0.1, 0.15) is 0 Å². The third-order valence-electron chi connectivity index (χ3n) is 2.35. The van der Waals surface area contributed by atoms with E-state index in [4.69, 9.17) is 5.73 Å². The molecule has 0 saturated carbocycles. The maximum Gasteiger partial charge on any atom is 0.236 e. The highest BCUT2D eigenvalue weighted by atomic mass is 16.2. The van der Waals surface area contributed by atoms with Crippen molar-refractivity contribution < 1.29 is 4.79 Å². The van der Waals surface area contributed by atoms with Crippen molar-refractivity contribution in [2.24, 2.45) is 5.73 Å². The largest absolute Gasteiger partial charge is 0.339 e. The minimum atomic E-state index is 0.0748. The highest BCUT2D eigenvalue weighted by Crippen LogP contribution is 2.00. The predicted molar refractivity (Wildman–Crippen MR) is 75.1 cm³/mol. The Balaban J connectivity index is 0. The van der Waals surface area contributed by atoms with E-state index in [0.717, 1.165) is 32.7 Å². The number of likely N-dealkylation sites (N-methyl/N-ethyl adjacent to an activating group) is 1. The smallest absolute Gasteiger partial charge is 0.236 e. The molecule has 0 aromatic carbocycles. The number of nitrogens with zero attached hydrogens (tertiary/aromatic N) is 2. The number of amides is 1. The first-order chi connectivity index (χ1) is 8.19. The van der Waals surface area contributed by atoms with Crippen LogP contribution < -0.4 is 5.73 Å². The van der Waals surface area contributed by atoms with Crippen LogP contribution in [0, 0.1) is 0 Å². The maximum absolute atomic E-state index is 11.1. The quantitative estimate of drug-likeness (QED) is 0.803. The number of hydrogen-bond donors (Lipinski definition) is 1. The van der Waals surface area contributed by atoms with Gasteiger partial charge in [-0.15, -0.1) is 0 Å². The molecular weight excluding hydrogens is 214 g/mol. The van der Waals surface area contributed by atoms with Crippen molar-refractivity contribution in [2.75, 3.05) is 39.3 Å². The SMILES string of the molecule is CC.CCC.CCN1CCN(C(=O)CN)CC1. The summed E-state index contributed by atoms with van der Waals surface area (Å²) in [5, 5.41) is 0. The summed E-state index contributed by atoms with van der Waals surface area (Å²) in [4.78, 5) is 15.3. The van der Waals surface area contributed by atoms with Gasteiger partial charge in [0.05, 0.1) is 6.54 Å². The normalized spacial score (nSPS) is 15.3. The van der Waals surface area contributed by atoms with Crippen molar-refractivity contribution in [3.63, 3.8) is 0 Å². The molecule has 1 rings (SSSR count). The van der Waals surface area contributed by atoms with Crippen LogP contribution in [0.3, 0.4) is 0 Å². The summed E-state index contributed by atoms with van der Waals surface area (Å²) in [5.74, 6) is 0.0748. The van der Waals surface area contributed by atoms with Gasteiger partial charge in [0.25, 0.3) is 0 Å². The summed E-state index contributed by atoms with van der Waals surface area (Å²) in [6, 6.07) is 0. The third-order valence-corrected chi connectivity index (χ3v) is 2.35. The second kappa shape index (κ2) is 13.5. The van der Waals surface area contributed by atoms with Crippen molar-refractivity contribution in [1.82, 2.24) is 9.80 Å². The van der Waals surface area contributed by atoms with Gasteiger partial charge in [-0.25, -0.2) is 0 Å². The molecule has 2 N–H and O–H groups in total. The molecule has 0 aromatic heterocycles. The van der Waals surface area contributed by atoms with Crippen LogP contribution in [-0.2, 0) is 4.79 Å². The standard InChI is InChI=1S/C8H17N3O.C3H8.C2H6/c1-2-10-3-5-11(6-4-10)8(12)7-9;1-3-2;1-2/h2-7,9H2,1H3;3H2,1-2H3;1-2H3. The van der Waals surface area contributed by atoms with Crippen molar-refractivity contribution in [3.05, 3.63) is 0 Å². The molecule has 1 aliphatic heterocycles. The number of carbonyl (C=O) groups excluding carboxylic acids is 1. The topological polar surface area (TPSA) is 49.6 Å². The Labute approximate surface area is 107 Å². The molecule has 1 saturated heterocycles. The molecular formula is C13H31N3O. The fourth-order valence-electron chi connectivity index (χ4n) is 1.44. The summed E-state index contributed by atoms with van der Waals surface area (Å²) in [6.07, 6.45) is 1.25. The Morgan fingerprint density at radius 2 is 1.47 bits per heavy atom. The Bertz CT molecular complexity index is 166. The van der Waals surface area contributed by atoms with Crippen molar-refractivity contribution in [1.29, 1.82) is 0 Å². The molecule has 0 aliphatic carbocycles. The van der Waals surface area contributed by atoms with Gasteiger partial charge in [0.2, 0.25) is 5.91 Å². The van der Waals surface area contributed by atoms with Crippen LogP contribution >= 0.6 is 0 Å². The second-order valence-corrected chi connectivity index (χ2v) is 3.73. The molecule has 0 atom stereocenters. The fraction of sp³-hybridized carbons (Fsp3) is 0.923. The van der Waals surface area contributed by atoms with Gasteiger partial charge in [-0.1, -0.05) is 41.0 Å². The molecule has 1 heterocycles. The van der Waals surface area contributed by atoms with Crippen LogP contribution in [0.2, 0.25) is 0 Å². The summed E-state index contributed by atoms with van der Waals surface area (Å²) < 4.78 is 0. The van der Waals surface area contributed by atoms with E-state index < -0.39 is 0 Å². The lowest BCUT2D eigenvalue weighted by Crippen LogP contribution is -2.50. The second-order valence-electron chi connectivity index (χ2n) is 3.73. The van der Waals surface area contributed by atoms with E-state index in [1.807, 2.05) is 18.7 Å². The summed E-state index contributed by atoms with van der Waals surface area (Å²) >= 11 is 0. The Hall–Kier alpha value is -0.610. The van der Waals surface area contributed by atoms with E-state index in [2.05, 4.69) is 25.7 Å². The minimum Gasteiger partial charge on any atom is -0.339 e. The summed E-state index contributed by atoms with van der Waals surface area (Å²) in [6.45, 7) is 15.3. The van der Waals surface area contributed by atoms with E-state index in [9.17, 15) is 4.79 Å². The average Bonchev–Trinajstić information content (AvgIpc) is 2.41. The van der Waals surface area contributed by atoms with Crippen LogP contribution in [0.25, 0.3) is 0 Å². The molecule has 0 radical (unpaired) electrons. The minimum absolute atomic E-state index is 0.0748. The Kier molecular flexibility index (Phi) is 14.8. The van der Waals surface area contributed by atoms with Gasteiger partial charge >= 0.3 is 0 Å². The highest BCUT2D eigenvalue weighted by molar-refractivity contribution is 5.78. The van der Waals surface area contributed by atoms with Gasteiger partial charge in [-0.2, -0.15) is 0 Å². The molecule has 104 valence electrons. The Morgan fingerprint density at radius 3 is 1.76 bits per heavy atom. The average molecular weight is 245 g/mol. The Morgan fingerprint density at radius 1 is 1.06 bits per heavy atom. The zero-order chi connectivity index (χ0) is 13.7. The van der Waals surface area contributed by atoms with Crippen molar-refractivity contribution >= 4 is 5.91 Å². The number of piperazine rings is 1. The maximum atomic E-state index is 11.1. The van der Waals surface area contributed by atoms with Crippen LogP contribution in [0.5, 0.6) is 0 Å². The zero-order valence-corrected chi connectivity index (χ0v) is 12.3. The molecule has 1 fully saturated rings. The molecule has 4 nitrogen and oxygen atoms in total. The third kappa shape index (κ3) is 9.12. The van der Waals surface area contributed by atoms with E-state index in [0.29, 0.717) is 0 Å². The molecule has 17 heavy (non-hydrogen) atoms. The van der Waals surface area contributed by atoms with Crippen LogP contribution in [0.1, 0.15) is 41.0 Å². The fourth-order valence-corrected chi connectivity index (χ4v) is 1.44. The first-order valence-electron chi connectivity index (χ1n) is 6.89. The van der Waals surface area contributed by atoms with Crippen molar-refractivity contribution in [2.45, 2.75) is 41.0 Å². The lowest BCUT2D eigenvalue weighted by molar-refractivity contribution is -0.131. The lowest BCUT2D eigenvalue weighted by atomic mass is 10.3. The van der Waals surface area contributed by atoms with E-state index in [-0.39, 0.29) is 12.5 Å². The molecule has 1 aliphatic rings. The first kappa shape index (κ1) is 18.7. The summed E-state index contributed by atoms with van der Waals surface area (Å²) in [7, 11) is 0. The highest BCUT2D eigenvalue weighted by Gasteiger charge is 2.18. The number of nitrogens with two attached hydrogens (primary N) is 1. The molecule has 4 heteroatoms. The predicted octanol–water partition coefficient (Wildman–Crippen LogP) is 1.55. The van der Waals surface area contributed by atoms with E-state index in [1.165, 1.54) is 6.42 Å². The molecule has 0 unspecified atom stereocenters. The molecule has 1 amide bonds. The van der Waals surface area contributed by atoms with Gasteiger partial charge in [-0.05, 0) is 6.54 Å². The zero-order valence-electron chi connectivity index (χ0n) is 12.3. The first-order valence-corrected chi connectivity index (χ1v) is 6.89. The van der Waals surface area contributed by atoms with Gasteiger partial charge in [-0.3, -0.25) is 4.79 Å². The number of rotatable bonds is 2. The van der Waals surface area contributed by atoms with Gasteiger partial charge < -0.3 is 15.5 Å². The molecule has 0 spiro atoms. The van der Waals surface area contributed by atoms with Crippen molar-refractivity contribution in [3.8, 4) is 0 Å². The van der Waals surface area contributed by atoms with Crippen LogP contribution in [0.15, 0.2) is 0 Å². The van der Waals surface area contributed by atoms with Gasteiger partial charge in [0, 0.05) is 26.2 Å². The number of hydrogen-bond acceptors (Lipinski definition) is 3. The van der Waals surface area contributed by atoms with Crippen LogP contribution in [0.4, 0.5) is 0 Å². The molecule has 0 aromatic rings. The number of carbonyl (C=O) groups is 1.